The van der Waals surface area contributed by atoms with E-state index in [1.165, 1.54) is 6.07 Å². The van der Waals surface area contributed by atoms with Gasteiger partial charge in [-0.05, 0) is 61.0 Å². The second kappa shape index (κ2) is 12.7. The number of amides is 2. The quantitative estimate of drug-likeness (QED) is 0.380. The van der Waals surface area contributed by atoms with Crippen molar-refractivity contribution in [3.8, 4) is 0 Å². The Labute approximate surface area is 255 Å². The van der Waals surface area contributed by atoms with E-state index in [0.717, 1.165) is 10.8 Å². The number of fused-ring (bicyclic) bond motifs is 1. The molecule has 1 atom stereocenters. The molecule has 0 radical (unpaired) electrons. The first-order valence-electron chi connectivity index (χ1n) is 14.2. The molecule has 2 aromatic carbocycles. The number of aromatic nitrogens is 2. The Morgan fingerprint density at radius 2 is 1.77 bits per heavy atom. The van der Waals surface area contributed by atoms with Crippen LogP contribution in [0.5, 0.6) is 0 Å². The lowest BCUT2D eigenvalue weighted by atomic mass is 10.1. The molecule has 3 heterocycles. The summed E-state index contributed by atoms with van der Waals surface area (Å²) in [6.07, 6.45) is -0.501. The molecule has 14 heteroatoms. The van der Waals surface area contributed by atoms with Crippen LogP contribution in [0.25, 0.3) is 10.8 Å². The first-order chi connectivity index (χ1) is 20.4. The maximum Gasteiger partial charge on any atom is 0.410 e. The van der Waals surface area contributed by atoms with Crippen molar-refractivity contribution in [2.24, 2.45) is 0 Å². The number of ether oxygens (including phenoxy) is 2. The van der Waals surface area contributed by atoms with E-state index in [0.29, 0.717) is 43.2 Å². The molecule has 1 aromatic heterocycles. The van der Waals surface area contributed by atoms with Crippen molar-refractivity contribution in [2.45, 2.75) is 50.2 Å². The minimum absolute atomic E-state index is 0.142. The van der Waals surface area contributed by atoms with Gasteiger partial charge in [-0.25, -0.2) is 13.2 Å². The number of hydrogen-bond donors (Lipinski definition) is 0. The molecule has 2 fully saturated rings. The van der Waals surface area contributed by atoms with Gasteiger partial charge < -0.3 is 28.7 Å². The number of rotatable bonds is 7. The van der Waals surface area contributed by atoms with Gasteiger partial charge in [0.25, 0.3) is 5.95 Å². The van der Waals surface area contributed by atoms with Crippen molar-refractivity contribution < 1.29 is 32.0 Å². The number of piperazine rings is 1. The van der Waals surface area contributed by atoms with Crippen LogP contribution in [-0.4, -0.2) is 104 Å². The number of carbonyl (C=O) groups excluding carboxylic acids is 2. The second-order valence-corrected chi connectivity index (χ2v) is 14.2. The summed E-state index contributed by atoms with van der Waals surface area (Å²) in [5, 5.41) is 6.23. The molecular weight excluding hydrogens is 598 g/mol. The highest BCUT2D eigenvalue weighted by molar-refractivity contribution is 7.91. The average molecular weight is 634 g/mol. The zero-order valence-electron chi connectivity index (χ0n) is 24.5. The predicted octanol–water partition coefficient (Wildman–Crippen LogP) is 3.57. The molecule has 2 amide bonds. The third kappa shape index (κ3) is 7.76. The first kappa shape index (κ1) is 31.0. The molecule has 2 saturated heterocycles. The van der Waals surface area contributed by atoms with Crippen molar-refractivity contribution in [3.63, 3.8) is 0 Å². The van der Waals surface area contributed by atoms with Crippen molar-refractivity contribution >= 4 is 50.2 Å². The van der Waals surface area contributed by atoms with Gasteiger partial charge in [0.05, 0.1) is 29.9 Å². The molecule has 5 rings (SSSR count). The van der Waals surface area contributed by atoms with E-state index in [1.54, 1.807) is 60.9 Å². The summed E-state index contributed by atoms with van der Waals surface area (Å²) in [6.45, 7) is 8.42. The van der Waals surface area contributed by atoms with E-state index >= 15 is 0 Å². The van der Waals surface area contributed by atoms with Crippen LogP contribution in [-0.2, 0) is 30.5 Å². The topological polar surface area (TPSA) is 135 Å². The van der Waals surface area contributed by atoms with Gasteiger partial charge in [-0.1, -0.05) is 23.7 Å². The van der Waals surface area contributed by atoms with E-state index < -0.39 is 27.6 Å². The van der Waals surface area contributed by atoms with Gasteiger partial charge in [0.2, 0.25) is 11.8 Å². The molecule has 2 aliphatic rings. The van der Waals surface area contributed by atoms with Crippen molar-refractivity contribution in [1.29, 1.82) is 0 Å². The van der Waals surface area contributed by atoms with Crippen LogP contribution in [0.3, 0.4) is 0 Å². The predicted molar refractivity (Wildman–Crippen MR) is 160 cm³/mol. The Kier molecular flexibility index (Phi) is 9.14. The molecule has 0 spiro atoms. The number of anilines is 1. The van der Waals surface area contributed by atoms with E-state index in [2.05, 4.69) is 10.1 Å². The summed E-state index contributed by atoms with van der Waals surface area (Å²) in [7, 11) is -3.75. The van der Waals surface area contributed by atoms with Crippen LogP contribution in [0.2, 0.25) is 5.02 Å². The molecule has 2 aliphatic heterocycles. The molecule has 0 N–H and O–H groups in total. The zero-order valence-corrected chi connectivity index (χ0v) is 26.1. The van der Waals surface area contributed by atoms with Gasteiger partial charge in [-0.15, -0.1) is 0 Å². The van der Waals surface area contributed by atoms with Crippen LogP contribution in [0.4, 0.5) is 10.7 Å². The smallest absolute Gasteiger partial charge is 0.410 e. The Balaban J connectivity index is 1.29. The highest BCUT2D eigenvalue weighted by Crippen LogP contribution is 2.25. The average Bonchev–Trinajstić information content (AvgIpc) is 3.43. The third-order valence-electron chi connectivity index (χ3n) is 7.33. The largest absolute Gasteiger partial charge is 0.444 e. The number of carbonyl (C=O) groups is 2. The number of morpholine rings is 1. The van der Waals surface area contributed by atoms with Crippen molar-refractivity contribution in [1.82, 2.24) is 19.9 Å². The van der Waals surface area contributed by atoms with Crippen LogP contribution in [0.15, 0.2) is 45.8 Å². The van der Waals surface area contributed by atoms with E-state index in [1.807, 2.05) is 4.90 Å². The van der Waals surface area contributed by atoms with Crippen LogP contribution in [0.1, 0.15) is 33.1 Å². The Morgan fingerprint density at radius 3 is 2.51 bits per heavy atom. The summed E-state index contributed by atoms with van der Waals surface area (Å²) in [6, 6.07) is 9.54. The van der Waals surface area contributed by atoms with Gasteiger partial charge >= 0.3 is 6.09 Å². The summed E-state index contributed by atoms with van der Waals surface area (Å²) < 4.78 is 42.9. The second-order valence-electron chi connectivity index (χ2n) is 11.7. The lowest BCUT2D eigenvalue weighted by Gasteiger charge is -2.41. The van der Waals surface area contributed by atoms with E-state index in [-0.39, 0.29) is 49.0 Å². The summed E-state index contributed by atoms with van der Waals surface area (Å²) in [5.41, 5.74) is -0.678. The number of benzene rings is 2. The highest BCUT2D eigenvalue weighted by atomic mass is 35.5. The molecule has 0 aliphatic carbocycles. The fraction of sp³-hybridized carbons (Fsp3) is 0.517. The zero-order chi connectivity index (χ0) is 30.8. The van der Waals surface area contributed by atoms with Crippen LogP contribution >= 0.6 is 11.6 Å². The number of sulfone groups is 1. The normalized spacial score (nSPS) is 18.2. The number of nitrogens with zero attached hydrogens (tertiary/aromatic N) is 5. The molecule has 1 unspecified atom stereocenters. The summed E-state index contributed by atoms with van der Waals surface area (Å²) in [5.74, 6) is 0.0722. The Hall–Kier alpha value is -3.42. The van der Waals surface area contributed by atoms with Gasteiger partial charge in [-0.2, -0.15) is 4.98 Å². The van der Waals surface area contributed by atoms with Crippen molar-refractivity contribution in [2.75, 3.05) is 56.6 Å². The molecule has 0 saturated carbocycles. The maximum absolute atomic E-state index is 13.5. The Morgan fingerprint density at radius 1 is 1.05 bits per heavy atom. The number of hydrogen-bond acceptors (Lipinski definition) is 10. The fourth-order valence-electron chi connectivity index (χ4n) is 5.14. The molecule has 232 valence electrons. The third-order valence-corrected chi connectivity index (χ3v) is 9.28. The fourth-order valence-corrected chi connectivity index (χ4v) is 6.59. The number of halogens is 1. The monoisotopic (exact) mass is 633 g/mol. The molecule has 0 bridgehead atoms. The lowest BCUT2D eigenvalue weighted by molar-refractivity contribution is -0.135. The van der Waals surface area contributed by atoms with Crippen LogP contribution < -0.4 is 4.90 Å². The SMILES string of the molecule is CC(C)(C)OC(=O)N1CCN(C(=O)CCS(=O)(=O)c2ccc3cc(Cl)ccc3c2)C(Cc2nc(N3CCOCC3)no2)C1. The van der Waals surface area contributed by atoms with Gasteiger partial charge in [0.1, 0.15) is 5.60 Å². The highest BCUT2D eigenvalue weighted by Gasteiger charge is 2.36. The molecule has 12 nitrogen and oxygen atoms in total. The van der Waals surface area contributed by atoms with Gasteiger partial charge in [0, 0.05) is 50.6 Å². The molecular formula is C29H36ClN5O7S. The summed E-state index contributed by atoms with van der Waals surface area (Å²) >= 11 is 6.05. The molecule has 43 heavy (non-hydrogen) atoms. The van der Waals surface area contributed by atoms with Gasteiger partial charge in [0.15, 0.2) is 9.84 Å². The van der Waals surface area contributed by atoms with Crippen molar-refractivity contribution in [3.05, 3.63) is 47.3 Å². The van der Waals surface area contributed by atoms with E-state index in [4.69, 9.17) is 25.6 Å². The first-order valence-corrected chi connectivity index (χ1v) is 16.3. The minimum Gasteiger partial charge on any atom is -0.444 e. The van der Waals surface area contributed by atoms with E-state index in [9.17, 15) is 18.0 Å². The maximum atomic E-state index is 13.5. The lowest BCUT2D eigenvalue weighted by Crippen LogP contribution is -2.58. The van der Waals surface area contributed by atoms with Gasteiger partial charge in [-0.3, -0.25) is 4.79 Å². The Bertz CT molecular complexity index is 1580. The summed E-state index contributed by atoms with van der Waals surface area (Å²) in [4.78, 5) is 36.2. The standard InChI is InChI=1S/C29H36ClN5O7S/c1-29(2,3)41-28(37)34-9-10-35(23(19-34)18-25-31-27(32-42-25)33-11-13-40-14-12-33)26(36)8-15-43(38,39)24-7-5-20-16-22(30)6-4-21(20)17-24/h4-7,16-17,23H,8-15,18-19H2,1-3H3. The minimum atomic E-state index is -3.75. The van der Waals surface area contributed by atoms with Crippen LogP contribution in [0, 0.1) is 0 Å². The molecule has 3 aromatic rings.